The van der Waals surface area contributed by atoms with Gasteiger partial charge in [-0.05, 0) is 43.4 Å². The van der Waals surface area contributed by atoms with Gasteiger partial charge in [0.1, 0.15) is 0 Å². The van der Waals surface area contributed by atoms with Gasteiger partial charge in [-0.25, -0.2) is 0 Å². The van der Waals surface area contributed by atoms with Crippen LogP contribution in [0.5, 0.6) is 0 Å². The zero-order valence-corrected chi connectivity index (χ0v) is 16.2. The first-order valence-electron chi connectivity index (χ1n) is 7.95. The summed E-state index contributed by atoms with van der Waals surface area (Å²) >= 11 is 6.13. The monoisotopic (exact) mass is 433 g/mol. The van der Waals surface area contributed by atoms with Crippen molar-refractivity contribution in [1.82, 2.24) is 10.6 Å². The van der Waals surface area contributed by atoms with Crippen LogP contribution in [0.1, 0.15) is 44.1 Å². The fourth-order valence-corrected chi connectivity index (χ4v) is 3.44. The molecule has 0 amide bonds. The Labute approximate surface area is 155 Å². The van der Waals surface area contributed by atoms with Crippen LogP contribution in [-0.4, -0.2) is 25.6 Å². The molecule has 2 fully saturated rings. The van der Waals surface area contributed by atoms with Crippen LogP contribution in [0.15, 0.2) is 29.3 Å². The van der Waals surface area contributed by atoms with Gasteiger partial charge in [-0.1, -0.05) is 36.6 Å². The number of benzene rings is 1. The molecule has 0 atom stereocenters. The Balaban J connectivity index is 0.00000176. The molecule has 0 bridgehead atoms. The molecule has 0 saturated heterocycles. The molecule has 0 spiro atoms. The van der Waals surface area contributed by atoms with E-state index in [1.165, 1.54) is 44.1 Å². The van der Waals surface area contributed by atoms with Crippen molar-refractivity contribution in [3.05, 3.63) is 34.9 Å². The third kappa shape index (κ3) is 4.28. The predicted molar refractivity (Wildman–Crippen MR) is 105 cm³/mol. The van der Waals surface area contributed by atoms with Gasteiger partial charge in [0, 0.05) is 30.1 Å². The molecule has 1 aromatic rings. The van der Waals surface area contributed by atoms with Crippen LogP contribution in [0.25, 0.3) is 0 Å². The van der Waals surface area contributed by atoms with E-state index in [9.17, 15) is 0 Å². The topological polar surface area (TPSA) is 36.4 Å². The van der Waals surface area contributed by atoms with E-state index in [1.54, 1.807) is 0 Å². The molecule has 3 nitrogen and oxygen atoms in total. The van der Waals surface area contributed by atoms with Crippen molar-refractivity contribution in [2.45, 2.75) is 50.0 Å². The Hall–Kier alpha value is -0.490. The second kappa shape index (κ2) is 7.86. The highest BCUT2D eigenvalue weighted by atomic mass is 127. The highest BCUT2D eigenvalue weighted by Crippen LogP contribution is 2.48. The Bertz CT molecular complexity index is 522. The van der Waals surface area contributed by atoms with Gasteiger partial charge in [0.05, 0.1) is 0 Å². The molecule has 1 aromatic carbocycles. The molecule has 3 rings (SSSR count). The lowest BCUT2D eigenvalue weighted by Gasteiger charge is -2.21. The summed E-state index contributed by atoms with van der Waals surface area (Å²) in [6, 6.07) is 8.87. The first-order chi connectivity index (χ1) is 10.2. The van der Waals surface area contributed by atoms with E-state index in [4.69, 9.17) is 11.6 Å². The van der Waals surface area contributed by atoms with E-state index in [0.29, 0.717) is 6.04 Å². The molecule has 0 radical (unpaired) electrons. The van der Waals surface area contributed by atoms with E-state index < -0.39 is 0 Å². The van der Waals surface area contributed by atoms with Crippen LogP contribution >= 0.6 is 35.6 Å². The Morgan fingerprint density at radius 1 is 1.32 bits per heavy atom. The van der Waals surface area contributed by atoms with Gasteiger partial charge in [0.25, 0.3) is 0 Å². The number of aliphatic imine (C=N–C) groups is 1. The second-order valence-electron chi connectivity index (χ2n) is 6.34. The molecule has 0 unspecified atom stereocenters. The maximum atomic E-state index is 6.13. The Morgan fingerprint density at radius 3 is 2.64 bits per heavy atom. The summed E-state index contributed by atoms with van der Waals surface area (Å²) < 4.78 is 0. The van der Waals surface area contributed by atoms with Gasteiger partial charge in [0.15, 0.2) is 5.96 Å². The summed E-state index contributed by atoms with van der Waals surface area (Å²) in [6.07, 6.45) is 7.64. The second-order valence-corrected chi connectivity index (χ2v) is 6.78. The summed E-state index contributed by atoms with van der Waals surface area (Å²) in [4.78, 5) is 4.36. The Morgan fingerprint density at radius 2 is 2.05 bits per heavy atom. The zero-order valence-electron chi connectivity index (χ0n) is 13.1. The van der Waals surface area contributed by atoms with Crippen molar-refractivity contribution in [2.75, 3.05) is 13.6 Å². The highest BCUT2D eigenvalue weighted by molar-refractivity contribution is 14.0. The lowest BCUT2D eigenvalue weighted by molar-refractivity contribution is 0.594. The first kappa shape index (κ1) is 17.9. The lowest BCUT2D eigenvalue weighted by atomic mass is 9.96. The van der Waals surface area contributed by atoms with Gasteiger partial charge in [-0.3, -0.25) is 4.99 Å². The predicted octanol–water partition coefficient (Wildman–Crippen LogP) is 4.10. The third-order valence-corrected chi connectivity index (χ3v) is 5.04. The number of nitrogens with one attached hydrogen (secondary N) is 2. The van der Waals surface area contributed by atoms with E-state index >= 15 is 0 Å². The fraction of sp³-hybridized carbons (Fsp3) is 0.588. The molecule has 2 N–H and O–H groups in total. The molecule has 122 valence electrons. The van der Waals surface area contributed by atoms with E-state index in [-0.39, 0.29) is 29.4 Å². The van der Waals surface area contributed by atoms with Gasteiger partial charge in [0.2, 0.25) is 0 Å². The minimum Gasteiger partial charge on any atom is -0.356 e. The third-order valence-electron chi connectivity index (χ3n) is 4.80. The maximum Gasteiger partial charge on any atom is 0.191 e. The van der Waals surface area contributed by atoms with Crippen LogP contribution in [0.3, 0.4) is 0 Å². The average Bonchev–Trinajstić information content (AvgIpc) is 3.12. The number of rotatable bonds is 4. The molecule has 0 heterocycles. The van der Waals surface area contributed by atoms with Gasteiger partial charge in [-0.2, -0.15) is 0 Å². The average molecular weight is 434 g/mol. The first-order valence-corrected chi connectivity index (χ1v) is 8.33. The van der Waals surface area contributed by atoms with Crippen LogP contribution in [-0.2, 0) is 5.41 Å². The molecule has 2 saturated carbocycles. The molecule has 2 aliphatic carbocycles. The number of hydrogen-bond donors (Lipinski definition) is 2. The molecule has 22 heavy (non-hydrogen) atoms. The van der Waals surface area contributed by atoms with Crippen molar-refractivity contribution < 1.29 is 0 Å². The van der Waals surface area contributed by atoms with Crippen molar-refractivity contribution in [1.29, 1.82) is 0 Å². The number of nitrogens with zero attached hydrogens (tertiary/aromatic N) is 1. The summed E-state index contributed by atoms with van der Waals surface area (Å²) in [5.74, 6) is 0.940. The summed E-state index contributed by atoms with van der Waals surface area (Å²) in [5, 5.41) is 7.88. The molecule has 5 heteroatoms. The smallest absolute Gasteiger partial charge is 0.191 e. The van der Waals surface area contributed by atoms with E-state index in [2.05, 4.69) is 27.8 Å². The van der Waals surface area contributed by atoms with Crippen molar-refractivity contribution >= 4 is 41.5 Å². The fourth-order valence-electron chi connectivity index (χ4n) is 3.25. The maximum absolute atomic E-state index is 6.13. The molecule has 2 aliphatic rings. The number of hydrogen-bond acceptors (Lipinski definition) is 1. The molecule has 0 aromatic heterocycles. The van der Waals surface area contributed by atoms with E-state index in [0.717, 1.165) is 17.5 Å². The quantitative estimate of drug-likeness (QED) is 0.426. The summed E-state index contributed by atoms with van der Waals surface area (Å²) in [6.45, 7) is 0.930. The van der Waals surface area contributed by atoms with Crippen LogP contribution in [0, 0.1) is 0 Å². The van der Waals surface area contributed by atoms with Crippen molar-refractivity contribution in [3.63, 3.8) is 0 Å². The summed E-state index contributed by atoms with van der Waals surface area (Å²) in [5.41, 5.74) is 1.59. The molecule has 0 aliphatic heterocycles. The SMILES string of the molecule is CN=C(NCC1(c2cccc(Cl)c2)CC1)NC1CCCC1.I. The largest absolute Gasteiger partial charge is 0.356 e. The van der Waals surface area contributed by atoms with Gasteiger partial charge >= 0.3 is 0 Å². The lowest BCUT2D eigenvalue weighted by Crippen LogP contribution is -2.44. The van der Waals surface area contributed by atoms with Crippen LogP contribution in [0.2, 0.25) is 5.02 Å². The standard InChI is InChI=1S/C17H24ClN3.HI/c1-19-16(21-15-7-2-3-8-15)20-12-17(9-10-17)13-5-4-6-14(18)11-13;/h4-6,11,15H,2-3,7-10,12H2,1H3,(H2,19,20,21);1H. The summed E-state index contributed by atoms with van der Waals surface area (Å²) in [7, 11) is 1.85. The van der Waals surface area contributed by atoms with Crippen LogP contribution in [0.4, 0.5) is 0 Å². The zero-order chi connectivity index (χ0) is 14.7. The minimum atomic E-state index is 0. The molecular formula is C17H25ClIN3. The van der Waals surface area contributed by atoms with Gasteiger partial charge in [-0.15, -0.1) is 24.0 Å². The minimum absolute atomic E-state index is 0. The number of guanidine groups is 1. The number of halogens is 2. The van der Waals surface area contributed by atoms with E-state index in [1.807, 2.05) is 19.2 Å². The highest BCUT2D eigenvalue weighted by Gasteiger charge is 2.44. The normalized spacial score (nSPS) is 20.4. The van der Waals surface area contributed by atoms with Crippen molar-refractivity contribution in [3.8, 4) is 0 Å². The van der Waals surface area contributed by atoms with Crippen LogP contribution < -0.4 is 10.6 Å². The molecular weight excluding hydrogens is 409 g/mol. The van der Waals surface area contributed by atoms with Gasteiger partial charge < -0.3 is 10.6 Å². The van der Waals surface area contributed by atoms with Crippen molar-refractivity contribution in [2.24, 2.45) is 4.99 Å². The Kier molecular flexibility index (Phi) is 6.38.